The molecule has 1 unspecified atom stereocenters. The zero-order valence-electron chi connectivity index (χ0n) is 25.4. The quantitative estimate of drug-likeness (QED) is 0.157. The van der Waals surface area contributed by atoms with Gasteiger partial charge in [-0.05, 0) is 102 Å². The van der Waals surface area contributed by atoms with Gasteiger partial charge in [0, 0.05) is 18.5 Å². The van der Waals surface area contributed by atoms with E-state index in [-0.39, 0.29) is 60.4 Å². The summed E-state index contributed by atoms with van der Waals surface area (Å²) in [5, 5.41) is 21.5. The minimum atomic E-state index is -4.25. The smallest absolute Gasteiger partial charge is 0.323 e. The number of piperidine rings is 2. The second-order valence-electron chi connectivity index (χ2n) is 11.6. The van der Waals surface area contributed by atoms with Crippen molar-refractivity contribution < 1.29 is 37.4 Å². The van der Waals surface area contributed by atoms with Crippen LogP contribution in [0.4, 0.5) is 0 Å². The average molecular weight is 697 g/mol. The summed E-state index contributed by atoms with van der Waals surface area (Å²) in [5.74, 6) is -0.594. The van der Waals surface area contributed by atoms with Crippen LogP contribution in [0.25, 0.3) is 0 Å². The zero-order valence-corrected chi connectivity index (χ0v) is 27.8. The number of ether oxygens (including phenoxy) is 2. The lowest BCUT2D eigenvalue weighted by Gasteiger charge is -2.27. The molecule has 256 valence electrons. The van der Waals surface area contributed by atoms with Crippen LogP contribution in [0.15, 0.2) is 23.1 Å². The third kappa shape index (κ3) is 12.4. The van der Waals surface area contributed by atoms with E-state index in [1.807, 2.05) is 0 Å². The van der Waals surface area contributed by atoms with Crippen LogP contribution in [-0.4, -0.2) is 89.8 Å². The van der Waals surface area contributed by atoms with Crippen molar-refractivity contribution in [3.8, 4) is 11.5 Å². The fourth-order valence-corrected chi connectivity index (χ4v) is 7.04. The monoisotopic (exact) mass is 695 g/mol. The Morgan fingerprint density at radius 1 is 0.867 bits per heavy atom. The molecular weight excluding hydrogens is 649 g/mol. The van der Waals surface area contributed by atoms with Crippen molar-refractivity contribution in [3.63, 3.8) is 0 Å². The third-order valence-corrected chi connectivity index (χ3v) is 9.95. The molecule has 0 saturated carbocycles. The molecule has 1 atom stereocenters. The molecule has 0 bridgehead atoms. The highest BCUT2D eigenvalue weighted by Crippen LogP contribution is 2.32. The summed E-state index contributed by atoms with van der Waals surface area (Å²) in [6, 6.07) is 2.36. The lowest BCUT2D eigenvalue weighted by molar-refractivity contribution is -0.139. The predicted molar refractivity (Wildman–Crippen MR) is 173 cm³/mol. The van der Waals surface area contributed by atoms with Crippen molar-refractivity contribution in [3.05, 3.63) is 18.2 Å². The van der Waals surface area contributed by atoms with Crippen molar-refractivity contribution in [2.24, 2.45) is 17.8 Å². The fourth-order valence-electron chi connectivity index (χ4n) is 5.84. The highest BCUT2D eigenvalue weighted by atomic mass is 35.5. The van der Waals surface area contributed by atoms with Crippen LogP contribution in [0, 0.1) is 17.8 Å². The Morgan fingerprint density at radius 3 is 1.98 bits per heavy atom. The van der Waals surface area contributed by atoms with E-state index in [0.29, 0.717) is 24.2 Å². The molecule has 2 saturated heterocycles. The van der Waals surface area contributed by atoms with E-state index in [1.54, 1.807) is 0 Å². The number of sulfonamides is 1. The van der Waals surface area contributed by atoms with Gasteiger partial charge in [-0.1, -0.05) is 0 Å². The van der Waals surface area contributed by atoms with E-state index in [1.165, 1.54) is 18.2 Å². The first-order valence-corrected chi connectivity index (χ1v) is 16.8. The Balaban J connectivity index is 0.00000353. The van der Waals surface area contributed by atoms with Gasteiger partial charge in [0.25, 0.3) is 0 Å². The first-order chi connectivity index (χ1) is 20.7. The zero-order chi connectivity index (χ0) is 30.7. The topological polar surface area (TPSA) is 184 Å². The Labute approximate surface area is 277 Å². The van der Waals surface area contributed by atoms with E-state index < -0.39 is 34.5 Å². The highest BCUT2D eigenvalue weighted by molar-refractivity contribution is 7.89. The Hall–Kier alpha value is -2.36. The van der Waals surface area contributed by atoms with Gasteiger partial charge in [0.2, 0.25) is 21.8 Å². The molecule has 13 nitrogen and oxygen atoms in total. The maximum Gasteiger partial charge on any atom is 0.323 e. The van der Waals surface area contributed by atoms with Crippen molar-refractivity contribution in [1.29, 1.82) is 0 Å². The number of nitrogens with one attached hydrogen (secondary N) is 5. The van der Waals surface area contributed by atoms with Crippen LogP contribution >= 0.6 is 24.8 Å². The Kier molecular flexibility index (Phi) is 16.7. The van der Waals surface area contributed by atoms with Crippen LogP contribution in [0.5, 0.6) is 11.5 Å². The summed E-state index contributed by atoms with van der Waals surface area (Å²) in [7, 11) is -4.25. The molecule has 0 aliphatic carbocycles. The van der Waals surface area contributed by atoms with Gasteiger partial charge in [0.05, 0.1) is 11.4 Å². The molecule has 3 heterocycles. The summed E-state index contributed by atoms with van der Waals surface area (Å²) in [4.78, 5) is 37.3. The Morgan fingerprint density at radius 2 is 1.42 bits per heavy atom. The van der Waals surface area contributed by atoms with Crippen LogP contribution in [0.1, 0.15) is 51.4 Å². The molecular formula is C29H47Cl2N5O8S. The highest BCUT2D eigenvalue weighted by Gasteiger charge is 2.28. The maximum atomic E-state index is 13.2. The van der Waals surface area contributed by atoms with Gasteiger partial charge >= 0.3 is 5.97 Å². The number of rotatable bonds is 15. The molecule has 1 aromatic carbocycles. The molecule has 1 aromatic rings. The number of carbonyl (C=O) groups is 3. The van der Waals surface area contributed by atoms with E-state index in [2.05, 4.69) is 26.0 Å². The summed E-state index contributed by atoms with van der Waals surface area (Å²) in [5.41, 5.74) is 0. The minimum absolute atomic E-state index is 0. The second kappa shape index (κ2) is 19.3. The number of carbonyl (C=O) groups excluding carboxylic acids is 2. The van der Waals surface area contributed by atoms with E-state index in [0.717, 1.165) is 77.5 Å². The molecule has 3 aliphatic heterocycles. The summed E-state index contributed by atoms with van der Waals surface area (Å²) < 4.78 is 38.7. The van der Waals surface area contributed by atoms with Gasteiger partial charge in [-0.15, -0.1) is 24.8 Å². The molecule has 16 heteroatoms. The normalized spacial score (nSPS) is 17.8. The summed E-state index contributed by atoms with van der Waals surface area (Å²) >= 11 is 0. The summed E-state index contributed by atoms with van der Waals surface area (Å²) in [6.45, 7) is 3.79. The summed E-state index contributed by atoms with van der Waals surface area (Å²) in [6.07, 6.45) is 7.91. The van der Waals surface area contributed by atoms with Gasteiger partial charge < -0.3 is 35.8 Å². The number of benzene rings is 1. The van der Waals surface area contributed by atoms with Gasteiger partial charge in [-0.25, -0.2) is 8.42 Å². The largest absolute Gasteiger partial charge is 0.486 e. The number of carboxylic acid groups (broad SMARTS) is 1. The van der Waals surface area contributed by atoms with Gasteiger partial charge in [-0.2, -0.15) is 4.72 Å². The Bertz CT molecular complexity index is 1190. The molecule has 0 radical (unpaired) electrons. The molecule has 0 aromatic heterocycles. The van der Waals surface area contributed by atoms with Crippen LogP contribution in [-0.2, 0) is 24.4 Å². The van der Waals surface area contributed by atoms with Crippen molar-refractivity contribution >= 4 is 52.6 Å². The van der Waals surface area contributed by atoms with Crippen LogP contribution < -0.4 is 35.5 Å². The average Bonchev–Trinajstić information content (AvgIpc) is 3.02. The lowest BCUT2D eigenvalue weighted by Crippen LogP contribution is -2.50. The second-order valence-corrected chi connectivity index (χ2v) is 13.3. The molecule has 2 amide bonds. The third-order valence-electron chi connectivity index (χ3n) is 8.48. The van der Waals surface area contributed by atoms with E-state index >= 15 is 0 Å². The van der Waals surface area contributed by atoms with Crippen molar-refractivity contribution in [2.75, 3.05) is 52.5 Å². The SMILES string of the molecule is Cl.Cl.O=C(CNC(=O)C(CCC1CCNCC1)CCC1CCNCC1)NCC(NS(=O)(=O)c1ccc2c(c1)OCCO2)C(=O)O. The van der Waals surface area contributed by atoms with Crippen LogP contribution in [0.2, 0.25) is 0 Å². The maximum absolute atomic E-state index is 13.2. The predicted octanol–water partition coefficient (Wildman–Crippen LogP) is 1.44. The molecule has 45 heavy (non-hydrogen) atoms. The first kappa shape index (κ1) is 38.8. The van der Waals surface area contributed by atoms with Gasteiger partial charge in [-0.3, -0.25) is 14.4 Å². The molecule has 3 aliphatic rings. The number of hydrogen-bond donors (Lipinski definition) is 6. The number of aliphatic carboxylic acids is 1. The van der Waals surface area contributed by atoms with Gasteiger partial charge in [0.15, 0.2) is 11.5 Å². The standard InChI is InChI=1S/C29H45N5O8S.2ClH/c35-27(32-18-24(29(37)38)34-43(39,40)23-5-6-25-26(17-23)42-16-15-41-25)19-33-28(36)22(3-1-20-7-11-30-12-8-20)4-2-21-9-13-31-14-10-21;;/h5-6,17,20-22,24,30-31,34H,1-4,7-16,18-19H2,(H,32,35)(H,33,36)(H,37,38);2*1H. The van der Waals surface area contributed by atoms with E-state index in [9.17, 15) is 27.9 Å². The minimum Gasteiger partial charge on any atom is -0.486 e. The van der Waals surface area contributed by atoms with Crippen molar-refractivity contribution in [1.82, 2.24) is 26.0 Å². The number of amides is 2. The van der Waals surface area contributed by atoms with Gasteiger partial charge in [0.1, 0.15) is 19.3 Å². The van der Waals surface area contributed by atoms with E-state index in [4.69, 9.17) is 9.47 Å². The number of hydrogen-bond acceptors (Lipinski definition) is 9. The number of halogens is 2. The van der Waals surface area contributed by atoms with Crippen molar-refractivity contribution in [2.45, 2.75) is 62.3 Å². The fraction of sp³-hybridized carbons (Fsp3) is 0.690. The molecule has 0 spiro atoms. The molecule has 6 N–H and O–H groups in total. The molecule has 2 fully saturated rings. The lowest BCUT2D eigenvalue weighted by atomic mass is 9.84. The first-order valence-electron chi connectivity index (χ1n) is 15.3. The van der Waals surface area contributed by atoms with Crippen LogP contribution in [0.3, 0.4) is 0 Å². The number of fused-ring (bicyclic) bond motifs is 1. The molecule has 4 rings (SSSR count). The number of carboxylic acids is 1.